The van der Waals surface area contributed by atoms with E-state index in [9.17, 15) is 18.0 Å². The molecular weight excluding hydrogens is 493 g/mol. The van der Waals surface area contributed by atoms with Gasteiger partial charge in [-0.05, 0) is 38.2 Å². The number of rotatable bonds is 7. The Hall–Kier alpha value is -1.42. The molecule has 32 heavy (non-hydrogen) atoms. The number of amides is 1. The van der Waals surface area contributed by atoms with Gasteiger partial charge in [0, 0.05) is 5.69 Å². The zero-order valence-electron chi connectivity index (χ0n) is 17.6. The number of aromatic nitrogens is 2. The van der Waals surface area contributed by atoms with Crippen molar-refractivity contribution in [2.75, 3.05) is 5.32 Å². The number of nitrogens with zero attached hydrogens (tertiary/aromatic N) is 2. The minimum Gasteiger partial charge on any atom is -0.300 e. The fraction of sp³-hybridized carbons (Fsp3) is 0.571. The maximum Gasteiger partial charge on any atom is 0.271 e. The van der Waals surface area contributed by atoms with Crippen molar-refractivity contribution in [3.8, 4) is 0 Å². The van der Waals surface area contributed by atoms with Crippen LogP contribution in [0.5, 0.6) is 0 Å². The molecule has 2 heterocycles. The van der Waals surface area contributed by atoms with E-state index in [0.717, 1.165) is 37.0 Å². The molecule has 0 aromatic carbocycles. The van der Waals surface area contributed by atoms with Crippen LogP contribution in [-0.4, -0.2) is 29.1 Å². The summed E-state index contributed by atoms with van der Waals surface area (Å²) in [5.41, 5.74) is -0.259. The number of halogens is 2. The molecule has 2 aromatic heterocycles. The van der Waals surface area contributed by atoms with Crippen molar-refractivity contribution in [1.82, 2.24) is 9.55 Å². The van der Waals surface area contributed by atoms with Gasteiger partial charge in [0.15, 0.2) is 15.0 Å². The van der Waals surface area contributed by atoms with Crippen LogP contribution in [0.25, 0.3) is 0 Å². The number of anilines is 1. The molecule has 7 nitrogen and oxygen atoms in total. The predicted octanol–water partition coefficient (Wildman–Crippen LogP) is 5.01. The quantitative estimate of drug-likeness (QED) is 0.556. The van der Waals surface area contributed by atoms with E-state index in [1.165, 1.54) is 23.3 Å². The molecule has 0 spiro atoms. The van der Waals surface area contributed by atoms with Gasteiger partial charge in [-0.2, -0.15) is 0 Å². The monoisotopic (exact) mass is 517 g/mol. The topological polar surface area (TPSA) is 98.1 Å². The van der Waals surface area contributed by atoms with E-state index in [4.69, 9.17) is 23.2 Å². The minimum absolute atomic E-state index is 0.135. The van der Waals surface area contributed by atoms with Crippen molar-refractivity contribution in [2.45, 2.75) is 74.5 Å². The lowest BCUT2D eigenvalue weighted by atomic mass is 9.84. The molecule has 0 bridgehead atoms. The second kappa shape index (κ2) is 9.44. The van der Waals surface area contributed by atoms with Crippen molar-refractivity contribution in [2.24, 2.45) is 5.92 Å². The summed E-state index contributed by atoms with van der Waals surface area (Å²) >= 11 is 13.4. The second-order valence-electron chi connectivity index (χ2n) is 8.60. The smallest absolute Gasteiger partial charge is 0.271 e. The standard InChI is InChI=1S/C21H25Cl2N3O4S2/c1-12-9-16(32(29,30)14-7-8-14)18(23)20(28)26(12)15(10-13-5-3-2-4-6-13)19(27)25-21-24-11-17(22)31-21/h9,11,13-15H,2-8,10H2,1H3,(H,24,25,27). The maximum atomic E-state index is 13.3. The minimum atomic E-state index is -3.65. The van der Waals surface area contributed by atoms with Gasteiger partial charge in [0.2, 0.25) is 5.91 Å². The predicted molar refractivity (Wildman–Crippen MR) is 127 cm³/mol. The molecule has 1 atom stereocenters. The van der Waals surface area contributed by atoms with E-state index < -0.39 is 26.7 Å². The Bertz CT molecular complexity index is 1180. The molecule has 2 aliphatic carbocycles. The summed E-state index contributed by atoms with van der Waals surface area (Å²) in [6.45, 7) is 1.64. The third-order valence-electron chi connectivity index (χ3n) is 6.22. The van der Waals surface area contributed by atoms with E-state index in [1.54, 1.807) is 6.92 Å². The van der Waals surface area contributed by atoms with Gasteiger partial charge in [0.1, 0.15) is 15.4 Å². The van der Waals surface area contributed by atoms with Crippen LogP contribution in [0.1, 0.15) is 63.1 Å². The highest BCUT2D eigenvalue weighted by atomic mass is 35.5. The molecule has 0 aliphatic heterocycles. The number of aryl methyl sites for hydroxylation is 1. The molecule has 1 unspecified atom stereocenters. The average Bonchev–Trinajstić information content (AvgIpc) is 3.54. The van der Waals surface area contributed by atoms with E-state index in [-0.39, 0.29) is 15.8 Å². The summed E-state index contributed by atoms with van der Waals surface area (Å²) in [5, 5.41) is 2.28. The maximum absolute atomic E-state index is 13.3. The Labute approximate surface area is 201 Å². The van der Waals surface area contributed by atoms with Crippen LogP contribution in [0, 0.1) is 12.8 Å². The van der Waals surface area contributed by atoms with Crippen molar-refractivity contribution in [1.29, 1.82) is 0 Å². The summed E-state index contributed by atoms with van der Waals surface area (Å²) in [6, 6.07) is 0.599. The van der Waals surface area contributed by atoms with Crippen LogP contribution < -0.4 is 10.9 Å². The van der Waals surface area contributed by atoms with Gasteiger partial charge >= 0.3 is 0 Å². The van der Waals surface area contributed by atoms with Crippen LogP contribution in [0.3, 0.4) is 0 Å². The first-order valence-electron chi connectivity index (χ1n) is 10.8. The van der Waals surface area contributed by atoms with Crippen LogP contribution >= 0.6 is 34.5 Å². The molecule has 0 radical (unpaired) electrons. The number of hydrogen-bond donors (Lipinski definition) is 1. The largest absolute Gasteiger partial charge is 0.300 e. The van der Waals surface area contributed by atoms with Crippen molar-refractivity contribution in [3.63, 3.8) is 0 Å². The van der Waals surface area contributed by atoms with Crippen molar-refractivity contribution in [3.05, 3.63) is 37.7 Å². The molecule has 1 amide bonds. The summed E-state index contributed by atoms with van der Waals surface area (Å²) in [7, 11) is -3.65. The zero-order chi connectivity index (χ0) is 23.0. The number of carbonyl (C=O) groups excluding carboxylic acids is 1. The van der Waals surface area contributed by atoms with Crippen LogP contribution in [0.2, 0.25) is 9.36 Å². The van der Waals surface area contributed by atoms with Gasteiger partial charge in [-0.1, -0.05) is 66.6 Å². The lowest BCUT2D eigenvalue weighted by molar-refractivity contribution is -0.120. The highest BCUT2D eigenvalue weighted by Gasteiger charge is 2.40. The highest BCUT2D eigenvalue weighted by molar-refractivity contribution is 7.92. The molecular formula is C21H25Cl2N3O4S2. The third-order valence-corrected chi connectivity index (χ3v) is 10.0. The Morgan fingerprint density at radius 3 is 2.53 bits per heavy atom. The zero-order valence-corrected chi connectivity index (χ0v) is 20.8. The van der Waals surface area contributed by atoms with Crippen LogP contribution in [-0.2, 0) is 14.6 Å². The van der Waals surface area contributed by atoms with Gasteiger partial charge < -0.3 is 5.32 Å². The van der Waals surface area contributed by atoms with Gasteiger partial charge in [-0.25, -0.2) is 13.4 Å². The fourth-order valence-corrected chi connectivity index (χ4v) is 7.49. The first-order chi connectivity index (χ1) is 15.2. The van der Waals surface area contributed by atoms with E-state index in [2.05, 4.69) is 10.3 Å². The Balaban J connectivity index is 1.73. The second-order valence-corrected chi connectivity index (χ2v) is 12.8. The summed E-state index contributed by atoms with van der Waals surface area (Å²) in [4.78, 5) is 30.5. The number of thiazole rings is 1. The van der Waals surface area contributed by atoms with Gasteiger partial charge in [0.25, 0.3) is 5.56 Å². The van der Waals surface area contributed by atoms with E-state index >= 15 is 0 Å². The van der Waals surface area contributed by atoms with Crippen molar-refractivity contribution < 1.29 is 13.2 Å². The first kappa shape index (κ1) is 23.7. The molecule has 2 saturated carbocycles. The summed E-state index contributed by atoms with van der Waals surface area (Å²) in [6.07, 6.45) is 8.39. The van der Waals surface area contributed by atoms with Gasteiger partial charge in [0.05, 0.1) is 16.3 Å². The van der Waals surface area contributed by atoms with E-state index in [1.807, 2.05) is 0 Å². The Morgan fingerprint density at radius 2 is 1.94 bits per heavy atom. The number of hydrogen-bond acceptors (Lipinski definition) is 6. The SMILES string of the molecule is Cc1cc(S(=O)(=O)C2CC2)c(Cl)c(=O)n1C(CC1CCCCC1)C(=O)Nc1ncc(Cl)s1. The molecule has 2 aliphatic rings. The molecule has 11 heteroatoms. The number of sulfone groups is 1. The number of nitrogens with one attached hydrogen (secondary N) is 1. The molecule has 0 saturated heterocycles. The molecule has 174 valence electrons. The first-order valence-corrected chi connectivity index (χ1v) is 13.9. The molecule has 4 rings (SSSR count). The summed E-state index contributed by atoms with van der Waals surface area (Å²) in [5.74, 6) is -0.0972. The highest BCUT2D eigenvalue weighted by Crippen LogP contribution is 2.37. The third kappa shape index (κ3) is 4.90. The lowest BCUT2D eigenvalue weighted by Gasteiger charge is -2.28. The lowest BCUT2D eigenvalue weighted by Crippen LogP contribution is -2.37. The summed E-state index contributed by atoms with van der Waals surface area (Å²) < 4.78 is 27.3. The number of pyridine rings is 1. The van der Waals surface area contributed by atoms with E-state index in [0.29, 0.717) is 40.3 Å². The average molecular weight is 518 g/mol. The van der Waals surface area contributed by atoms with Crippen LogP contribution in [0.15, 0.2) is 22.0 Å². The van der Waals surface area contributed by atoms with Gasteiger partial charge in [-0.15, -0.1) is 0 Å². The number of carbonyl (C=O) groups is 1. The Kier molecular flexibility index (Phi) is 7.00. The normalized spacial score (nSPS) is 18.5. The molecule has 1 N–H and O–H groups in total. The van der Waals surface area contributed by atoms with Gasteiger partial charge in [-0.3, -0.25) is 14.2 Å². The molecule has 2 fully saturated rings. The Morgan fingerprint density at radius 1 is 1.25 bits per heavy atom. The van der Waals surface area contributed by atoms with Crippen molar-refractivity contribution >= 4 is 55.4 Å². The van der Waals surface area contributed by atoms with Crippen LogP contribution in [0.4, 0.5) is 5.13 Å². The fourth-order valence-electron chi connectivity index (χ4n) is 4.42. The molecule has 2 aromatic rings.